The fourth-order valence-electron chi connectivity index (χ4n) is 1.32. The fourth-order valence-corrected chi connectivity index (χ4v) is 1.32. The van der Waals surface area contributed by atoms with Gasteiger partial charge in [0.05, 0.1) is 0 Å². The van der Waals surface area contributed by atoms with Gasteiger partial charge in [-0.3, -0.25) is 0 Å². The van der Waals surface area contributed by atoms with Crippen LogP contribution in [0.25, 0.3) is 17.3 Å². The first kappa shape index (κ1) is 8.75. The van der Waals surface area contributed by atoms with Gasteiger partial charge in [0.2, 0.25) is 0 Å². The number of aromatic nitrogens is 1. The summed E-state index contributed by atoms with van der Waals surface area (Å²) in [6.07, 6.45) is 5.66. The van der Waals surface area contributed by atoms with Crippen LogP contribution in [-0.2, 0) is 0 Å². The third-order valence-corrected chi connectivity index (χ3v) is 2.00. The standard InChI is InChI=1S/C12H11NO/c1-2-3-10-4-6-11(7-5-10)12-8-9-14-13-12/h2-9H,1H3/b3-2+. The first-order chi connectivity index (χ1) is 6.90. The van der Waals surface area contributed by atoms with E-state index in [2.05, 4.69) is 23.4 Å². The van der Waals surface area contributed by atoms with Gasteiger partial charge in [0.15, 0.2) is 0 Å². The van der Waals surface area contributed by atoms with Crippen LogP contribution in [0, 0.1) is 0 Å². The third-order valence-electron chi connectivity index (χ3n) is 2.00. The molecule has 0 radical (unpaired) electrons. The van der Waals surface area contributed by atoms with E-state index in [1.807, 2.05) is 31.2 Å². The van der Waals surface area contributed by atoms with Gasteiger partial charge in [0.1, 0.15) is 12.0 Å². The van der Waals surface area contributed by atoms with Crippen LogP contribution in [0.2, 0.25) is 0 Å². The first-order valence-electron chi connectivity index (χ1n) is 4.53. The average Bonchev–Trinajstić information content (AvgIpc) is 2.72. The Balaban J connectivity index is 2.31. The van der Waals surface area contributed by atoms with E-state index in [1.54, 1.807) is 6.26 Å². The Kier molecular flexibility index (Phi) is 2.45. The van der Waals surface area contributed by atoms with Crippen molar-refractivity contribution in [3.63, 3.8) is 0 Å². The predicted octanol–water partition coefficient (Wildman–Crippen LogP) is 3.37. The Hall–Kier alpha value is -1.83. The van der Waals surface area contributed by atoms with Gasteiger partial charge in [-0.05, 0) is 12.5 Å². The second-order valence-electron chi connectivity index (χ2n) is 3.01. The van der Waals surface area contributed by atoms with Crippen molar-refractivity contribution in [1.82, 2.24) is 5.16 Å². The zero-order valence-electron chi connectivity index (χ0n) is 7.97. The second kappa shape index (κ2) is 3.92. The van der Waals surface area contributed by atoms with E-state index in [1.165, 1.54) is 5.56 Å². The molecule has 14 heavy (non-hydrogen) atoms. The maximum absolute atomic E-state index is 4.78. The maximum Gasteiger partial charge on any atom is 0.124 e. The highest BCUT2D eigenvalue weighted by Crippen LogP contribution is 2.17. The Bertz CT molecular complexity index is 412. The summed E-state index contributed by atoms with van der Waals surface area (Å²) in [4.78, 5) is 0. The Morgan fingerprint density at radius 1 is 1.14 bits per heavy atom. The van der Waals surface area contributed by atoms with Crippen molar-refractivity contribution in [2.75, 3.05) is 0 Å². The molecule has 0 saturated carbocycles. The molecule has 0 N–H and O–H groups in total. The van der Waals surface area contributed by atoms with Crippen LogP contribution in [0.4, 0.5) is 0 Å². The van der Waals surface area contributed by atoms with Gasteiger partial charge < -0.3 is 4.52 Å². The molecule has 0 saturated heterocycles. The normalized spacial score (nSPS) is 10.9. The summed E-state index contributed by atoms with van der Waals surface area (Å²) in [6, 6.07) is 10.0. The summed E-state index contributed by atoms with van der Waals surface area (Å²) in [5, 5.41) is 3.87. The van der Waals surface area contributed by atoms with Gasteiger partial charge in [0, 0.05) is 11.6 Å². The SMILES string of the molecule is C/C=C/c1ccc(-c2ccon2)cc1. The van der Waals surface area contributed by atoms with Crippen molar-refractivity contribution >= 4 is 6.08 Å². The van der Waals surface area contributed by atoms with Crippen LogP contribution >= 0.6 is 0 Å². The molecule has 0 aliphatic carbocycles. The number of benzene rings is 1. The van der Waals surface area contributed by atoms with E-state index in [4.69, 9.17) is 4.52 Å². The summed E-state index contributed by atoms with van der Waals surface area (Å²) in [6.45, 7) is 2.01. The Morgan fingerprint density at radius 2 is 1.93 bits per heavy atom. The zero-order chi connectivity index (χ0) is 9.80. The number of hydrogen-bond donors (Lipinski definition) is 0. The highest BCUT2D eigenvalue weighted by atomic mass is 16.5. The van der Waals surface area contributed by atoms with Crippen molar-refractivity contribution in [1.29, 1.82) is 0 Å². The summed E-state index contributed by atoms with van der Waals surface area (Å²) >= 11 is 0. The van der Waals surface area contributed by atoms with Gasteiger partial charge in [0.25, 0.3) is 0 Å². The highest BCUT2D eigenvalue weighted by molar-refractivity contribution is 5.61. The van der Waals surface area contributed by atoms with E-state index in [0.717, 1.165) is 11.3 Å². The lowest BCUT2D eigenvalue weighted by Gasteiger charge is -1.96. The van der Waals surface area contributed by atoms with Crippen molar-refractivity contribution in [3.05, 3.63) is 48.2 Å². The summed E-state index contributed by atoms with van der Waals surface area (Å²) in [7, 11) is 0. The minimum Gasteiger partial charge on any atom is -0.364 e. The fraction of sp³-hybridized carbons (Fsp3) is 0.0833. The monoisotopic (exact) mass is 185 g/mol. The van der Waals surface area contributed by atoms with E-state index in [9.17, 15) is 0 Å². The number of hydrogen-bond acceptors (Lipinski definition) is 2. The molecule has 0 unspecified atom stereocenters. The van der Waals surface area contributed by atoms with E-state index in [0.29, 0.717) is 0 Å². The third kappa shape index (κ3) is 1.74. The molecule has 0 amide bonds. The molecule has 2 rings (SSSR count). The van der Waals surface area contributed by atoms with E-state index in [-0.39, 0.29) is 0 Å². The quantitative estimate of drug-likeness (QED) is 0.716. The average molecular weight is 185 g/mol. The Morgan fingerprint density at radius 3 is 2.50 bits per heavy atom. The van der Waals surface area contributed by atoms with Crippen LogP contribution in [0.1, 0.15) is 12.5 Å². The topological polar surface area (TPSA) is 26.0 Å². The molecule has 0 aliphatic heterocycles. The second-order valence-corrected chi connectivity index (χ2v) is 3.01. The zero-order valence-corrected chi connectivity index (χ0v) is 7.97. The molecular formula is C12H11NO. The maximum atomic E-state index is 4.78. The summed E-state index contributed by atoms with van der Waals surface area (Å²) < 4.78 is 4.78. The number of rotatable bonds is 2. The molecule has 2 nitrogen and oxygen atoms in total. The predicted molar refractivity (Wildman–Crippen MR) is 56.6 cm³/mol. The molecule has 1 aromatic heterocycles. The van der Waals surface area contributed by atoms with Crippen LogP contribution in [0.15, 0.2) is 47.2 Å². The molecule has 70 valence electrons. The van der Waals surface area contributed by atoms with Crippen molar-refractivity contribution in [2.45, 2.75) is 6.92 Å². The molecule has 1 aromatic carbocycles. The Labute approximate surface area is 82.9 Å². The van der Waals surface area contributed by atoms with Gasteiger partial charge >= 0.3 is 0 Å². The van der Waals surface area contributed by atoms with Crippen LogP contribution in [0.5, 0.6) is 0 Å². The highest BCUT2D eigenvalue weighted by Gasteiger charge is 1.99. The molecule has 2 heteroatoms. The molecule has 0 atom stereocenters. The molecule has 0 aliphatic rings. The molecule has 0 bridgehead atoms. The van der Waals surface area contributed by atoms with Crippen molar-refractivity contribution in [2.24, 2.45) is 0 Å². The van der Waals surface area contributed by atoms with E-state index >= 15 is 0 Å². The largest absolute Gasteiger partial charge is 0.364 e. The van der Waals surface area contributed by atoms with Crippen LogP contribution in [-0.4, -0.2) is 5.16 Å². The smallest absolute Gasteiger partial charge is 0.124 e. The number of nitrogens with zero attached hydrogens (tertiary/aromatic N) is 1. The minimum atomic E-state index is 0.872. The summed E-state index contributed by atoms with van der Waals surface area (Å²) in [5.74, 6) is 0. The van der Waals surface area contributed by atoms with Crippen LogP contribution < -0.4 is 0 Å². The number of allylic oxidation sites excluding steroid dienone is 1. The molecule has 1 heterocycles. The summed E-state index contributed by atoms with van der Waals surface area (Å²) in [5.41, 5.74) is 3.14. The lowest BCUT2D eigenvalue weighted by Crippen LogP contribution is -1.77. The lowest BCUT2D eigenvalue weighted by atomic mass is 10.1. The molecular weight excluding hydrogens is 174 g/mol. The molecule has 0 spiro atoms. The minimum absolute atomic E-state index is 0.872. The van der Waals surface area contributed by atoms with Gasteiger partial charge in [-0.1, -0.05) is 41.6 Å². The van der Waals surface area contributed by atoms with Gasteiger partial charge in [-0.25, -0.2) is 0 Å². The van der Waals surface area contributed by atoms with Gasteiger partial charge in [-0.15, -0.1) is 0 Å². The van der Waals surface area contributed by atoms with E-state index < -0.39 is 0 Å². The lowest BCUT2D eigenvalue weighted by molar-refractivity contribution is 0.422. The van der Waals surface area contributed by atoms with Crippen LogP contribution in [0.3, 0.4) is 0 Å². The first-order valence-corrected chi connectivity index (χ1v) is 4.53. The van der Waals surface area contributed by atoms with Gasteiger partial charge in [-0.2, -0.15) is 0 Å². The van der Waals surface area contributed by atoms with Crippen molar-refractivity contribution in [3.8, 4) is 11.3 Å². The molecule has 2 aromatic rings. The van der Waals surface area contributed by atoms with Crippen molar-refractivity contribution < 1.29 is 4.52 Å². The molecule has 0 fully saturated rings.